The summed E-state index contributed by atoms with van der Waals surface area (Å²) >= 11 is 6.42. The minimum absolute atomic E-state index is 0.0383. The maximum Gasteiger partial charge on any atom is 0.211 e. The van der Waals surface area contributed by atoms with E-state index < -0.39 is 43.8 Å². The van der Waals surface area contributed by atoms with Crippen LogP contribution in [0.3, 0.4) is 0 Å². The van der Waals surface area contributed by atoms with Crippen molar-refractivity contribution < 1.29 is 27.8 Å². The third-order valence-corrected chi connectivity index (χ3v) is 15.1. The average Bonchev–Trinajstić information content (AvgIpc) is 3.28. The molecule has 0 heterocycles. The van der Waals surface area contributed by atoms with E-state index in [4.69, 9.17) is 11.6 Å². The van der Waals surface area contributed by atoms with Crippen LogP contribution in [0.4, 0.5) is 4.39 Å². The molecule has 2 bridgehead atoms. The van der Waals surface area contributed by atoms with Crippen LogP contribution in [-0.2, 0) is 27.8 Å². The lowest BCUT2D eigenvalue weighted by molar-refractivity contribution is -0.177. The molecule has 9 heteroatoms. The number of benzene rings is 2. The maximum absolute atomic E-state index is 15.0. The summed E-state index contributed by atoms with van der Waals surface area (Å²) in [5.41, 5.74) is -1.82. The van der Waals surface area contributed by atoms with Gasteiger partial charge in [-0.2, -0.15) is 4.31 Å². The fourth-order valence-electron chi connectivity index (χ4n) is 11.0. The third-order valence-electron chi connectivity index (χ3n) is 13.5. The molecule has 8 atom stereocenters. The number of fused-ring (bicyclic) bond motifs is 1. The van der Waals surface area contributed by atoms with Crippen molar-refractivity contribution in [3.63, 3.8) is 0 Å². The van der Waals surface area contributed by atoms with E-state index in [-0.39, 0.29) is 53.1 Å². The zero-order valence-corrected chi connectivity index (χ0v) is 29.0. The van der Waals surface area contributed by atoms with Crippen LogP contribution in [0.5, 0.6) is 0 Å². The molecule has 2 aromatic carbocycles. The first-order chi connectivity index (χ1) is 22.1. The number of Topliss-reactive ketones (excluding diaryl/α,β-unsaturated/α-hetero) is 1. The van der Waals surface area contributed by atoms with E-state index in [2.05, 4.69) is 32.1 Å². The molecule has 6 aliphatic rings. The van der Waals surface area contributed by atoms with Gasteiger partial charge in [-0.3, -0.25) is 4.79 Å². The molecule has 6 nitrogen and oxygen atoms in total. The highest BCUT2D eigenvalue weighted by molar-refractivity contribution is 7.88. The first kappa shape index (κ1) is 33.2. The SMILES string of the molecule is C[C@]12CC[C@H]3[C@]4(C=C[C@@]5(C=C4C(=O)Cc4c(F)cccc4Cl)CC(O)CC[C@]35C)[C@@H]1CC[C@@]2(O)CN(Cc1ccccc1)S(C)(=O)=O. The molecule has 0 aliphatic heterocycles. The van der Waals surface area contributed by atoms with E-state index in [1.54, 1.807) is 6.07 Å². The van der Waals surface area contributed by atoms with Crippen LogP contribution in [-0.4, -0.2) is 53.2 Å². The van der Waals surface area contributed by atoms with E-state index >= 15 is 4.39 Å². The number of hydrogen-bond donors (Lipinski definition) is 2. The molecule has 2 spiro atoms. The Labute approximate surface area is 282 Å². The summed E-state index contributed by atoms with van der Waals surface area (Å²) in [5.74, 6) is -0.782. The first-order valence-electron chi connectivity index (χ1n) is 16.9. The van der Waals surface area contributed by atoms with Crippen LogP contribution in [0.15, 0.2) is 72.3 Å². The van der Waals surface area contributed by atoms with Gasteiger partial charge in [0.15, 0.2) is 5.78 Å². The molecule has 1 unspecified atom stereocenters. The van der Waals surface area contributed by atoms with Gasteiger partial charge in [0, 0.05) is 51.9 Å². The molecule has 3 fully saturated rings. The van der Waals surface area contributed by atoms with E-state index in [1.165, 1.54) is 22.7 Å². The number of rotatable bonds is 8. The van der Waals surface area contributed by atoms with E-state index in [9.17, 15) is 23.4 Å². The summed E-state index contributed by atoms with van der Waals surface area (Å²) in [7, 11) is -3.67. The highest BCUT2D eigenvalue weighted by Gasteiger charge is 2.74. The summed E-state index contributed by atoms with van der Waals surface area (Å²) in [6, 6.07) is 13.9. The molecule has 0 saturated heterocycles. The largest absolute Gasteiger partial charge is 0.393 e. The Bertz CT molecular complexity index is 1760. The Balaban J connectivity index is 1.32. The van der Waals surface area contributed by atoms with Gasteiger partial charge in [-0.25, -0.2) is 12.8 Å². The Morgan fingerprint density at radius 1 is 0.979 bits per heavy atom. The van der Waals surface area contributed by atoms with Crippen molar-refractivity contribution in [3.05, 3.63) is 94.3 Å². The highest BCUT2D eigenvalue weighted by atomic mass is 35.5. The first-order valence-corrected chi connectivity index (χ1v) is 19.1. The Kier molecular flexibility index (Phi) is 7.81. The fraction of sp³-hybridized carbons (Fsp3) is 0.553. The molecule has 0 aromatic heterocycles. The van der Waals surface area contributed by atoms with Gasteiger partial charge in [0.25, 0.3) is 0 Å². The quantitative estimate of drug-likeness (QED) is 0.305. The summed E-state index contributed by atoms with van der Waals surface area (Å²) < 4.78 is 42.8. The lowest BCUT2D eigenvalue weighted by Gasteiger charge is -2.71. The Morgan fingerprint density at radius 3 is 2.36 bits per heavy atom. The van der Waals surface area contributed by atoms with Gasteiger partial charge in [0.1, 0.15) is 5.82 Å². The van der Waals surface area contributed by atoms with E-state index in [1.807, 2.05) is 30.3 Å². The van der Waals surface area contributed by atoms with Crippen molar-refractivity contribution in [2.45, 2.75) is 83.5 Å². The lowest BCUT2D eigenvalue weighted by Crippen LogP contribution is -2.67. The fourth-order valence-corrected chi connectivity index (χ4v) is 12.0. The lowest BCUT2D eigenvalue weighted by atomic mass is 9.32. The number of nitrogens with zero attached hydrogens (tertiary/aromatic N) is 1. The minimum Gasteiger partial charge on any atom is -0.393 e. The summed E-state index contributed by atoms with van der Waals surface area (Å²) in [6.07, 6.45) is 11.5. The zero-order valence-electron chi connectivity index (χ0n) is 27.4. The van der Waals surface area contributed by atoms with Crippen molar-refractivity contribution in [2.24, 2.45) is 33.5 Å². The van der Waals surface area contributed by atoms with Crippen LogP contribution in [0, 0.1) is 39.3 Å². The predicted molar refractivity (Wildman–Crippen MR) is 180 cm³/mol. The van der Waals surface area contributed by atoms with Gasteiger partial charge in [-0.15, -0.1) is 0 Å². The average molecular weight is 682 g/mol. The molecule has 6 aliphatic carbocycles. The van der Waals surface area contributed by atoms with Gasteiger partial charge < -0.3 is 10.2 Å². The van der Waals surface area contributed by atoms with Gasteiger partial charge in [0.2, 0.25) is 10.0 Å². The molecule has 0 amide bonds. The van der Waals surface area contributed by atoms with Gasteiger partial charge in [-0.05, 0) is 79.9 Å². The Morgan fingerprint density at radius 2 is 1.66 bits per heavy atom. The zero-order chi connectivity index (χ0) is 33.6. The highest BCUT2D eigenvalue weighted by Crippen LogP contribution is 2.78. The number of sulfonamides is 1. The number of carbonyl (C=O) groups is 1. The summed E-state index contributed by atoms with van der Waals surface area (Å²) in [4.78, 5) is 14.6. The van der Waals surface area contributed by atoms with Gasteiger partial charge >= 0.3 is 0 Å². The second-order valence-electron chi connectivity index (χ2n) is 15.6. The van der Waals surface area contributed by atoms with Crippen molar-refractivity contribution in [1.82, 2.24) is 4.31 Å². The number of allylic oxidation sites excluding steroid dienone is 4. The number of carbonyl (C=O) groups excluding carboxylic acids is 1. The smallest absolute Gasteiger partial charge is 0.211 e. The number of ketones is 1. The maximum atomic E-state index is 15.0. The summed E-state index contributed by atoms with van der Waals surface area (Å²) in [5, 5.41) is 23.8. The van der Waals surface area contributed by atoms with Crippen molar-refractivity contribution >= 4 is 27.4 Å². The number of hydrogen-bond acceptors (Lipinski definition) is 5. The van der Waals surface area contributed by atoms with E-state index in [0.717, 1.165) is 18.4 Å². The van der Waals surface area contributed by atoms with Gasteiger partial charge in [0.05, 0.1) is 18.0 Å². The standard InChI is InChI=1S/C38H45ClFNO5S/c1-34-15-12-26(42)21-36(34)18-19-38(28(22-36)31(43)20-27-29(39)10-7-11-30(27)40)32(34)13-16-35(2)33(38)14-17-37(35,44)24-41(47(3,45)46)23-25-8-5-4-6-9-25/h4-11,18-19,22,26,32-33,42,44H,12-17,20-21,23-24H2,1-3H3/t26?,32-,33-,34-,35+,36+,37-,38-/m1/s1. The molecule has 0 radical (unpaired) electrons. The van der Waals surface area contributed by atoms with Gasteiger partial charge in [-0.1, -0.05) is 80.1 Å². The Hall–Kier alpha value is -2.36. The van der Waals surface area contributed by atoms with Crippen LogP contribution >= 0.6 is 11.6 Å². The van der Waals surface area contributed by atoms with Crippen LogP contribution in [0.25, 0.3) is 0 Å². The van der Waals surface area contributed by atoms with Crippen molar-refractivity contribution in [3.8, 4) is 0 Å². The van der Waals surface area contributed by atoms with Crippen molar-refractivity contribution in [2.75, 3.05) is 12.8 Å². The molecular formula is C38H45ClFNO5S. The molecule has 252 valence electrons. The molecule has 47 heavy (non-hydrogen) atoms. The topological polar surface area (TPSA) is 94.9 Å². The minimum atomic E-state index is -3.67. The number of aliphatic hydroxyl groups is 2. The molecule has 3 saturated carbocycles. The number of aliphatic hydroxyl groups excluding tert-OH is 1. The van der Waals surface area contributed by atoms with Crippen LogP contribution in [0.1, 0.15) is 69.9 Å². The molecule has 8 rings (SSSR count). The second-order valence-corrected chi connectivity index (χ2v) is 18.0. The molecular weight excluding hydrogens is 637 g/mol. The second kappa shape index (κ2) is 11.1. The van der Waals surface area contributed by atoms with Crippen molar-refractivity contribution in [1.29, 1.82) is 0 Å². The van der Waals surface area contributed by atoms with Crippen LogP contribution in [0.2, 0.25) is 5.02 Å². The predicted octanol–water partition coefficient (Wildman–Crippen LogP) is 6.64. The van der Waals surface area contributed by atoms with E-state index in [0.29, 0.717) is 37.7 Å². The number of halogens is 2. The monoisotopic (exact) mass is 681 g/mol. The molecule has 2 N–H and O–H groups in total. The summed E-state index contributed by atoms with van der Waals surface area (Å²) in [6.45, 7) is 4.52. The van der Waals surface area contributed by atoms with Crippen LogP contribution < -0.4 is 0 Å². The molecule has 2 aromatic rings. The third kappa shape index (κ3) is 4.79. The normalized spacial score (nSPS) is 38.9.